The molecule has 1 N–H and O–H groups in total. The molecule has 0 spiro atoms. The van der Waals surface area contributed by atoms with Gasteiger partial charge in [-0.25, -0.2) is 4.79 Å². The number of esters is 1. The van der Waals surface area contributed by atoms with Crippen LogP contribution < -0.4 is 5.32 Å². The third-order valence-corrected chi connectivity index (χ3v) is 3.91. The van der Waals surface area contributed by atoms with Crippen LogP contribution in [0.1, 0.15) is 32.1 Å². The van der Waals surface area contributed by atoms with Crippen molar-refractivity contribution in [1.82, 2.24) is 10.2 Å². The zero-order valence-electron chi connectivity index (χ0n) is 10.4. The first-order valence-corrected chi connectivity index (χ1v) is 6.26. The lowest BCUT2D eigenvalue weighted by molar-refractivity contribution is -0.152. The number of fused-ring (bicyclic) bond motifs is 1. The summed E-state index contributed by atoms with van der Waals surface area (Å²) in [5.74, 6) is -0.222. The van der Waals surface area contributed by atoms with Crippen LogP contribution >= 0.6 is 0 Å². The first kappa shape index (κ1) is 12.4. The number of carbonyl (C=O) groups excluding carboxylic acids is 2. The van der Waals surface area contributed by atoms with Crippen molar-refractivity contribution in [3.63, 3.8) is 0 Å². The number of hydrogen-bond donors (Lipinski definition) is 1. The van der Waals surface area contributed by atoms with Crippen molar-refractivity contribution in [2.45, 2.75) is 50.2 Å². The van der Waals surface area contributed by atoms with Gasteiger partial charge in [-0.15, -0.1) is 0 Å². The predicted octanol–water partition coefficient (Wildman–Crippen LogP) is 0.291. The van der Waals surface area contributed by atoms with Gasteiger partial charge in [0.25, 0.3) is 0 Å². The van der Waals surface area contributed by atoms with Crippen molar-refractivity contribution >= 4 is 11.9 Å². The van der Waals surface area contributed by atoms with E-state index in [0.29, 0.717) is 0 Å². The summed E-state index contributed by atoms with van der Waals surface area (Å²) >= 11 is 0. The fourth-order valence-electron chi connectivity index (χ4n) is 3.00. The lowest BCUT2D eigenvalue weighted by Gasteiger charge is -2.29. The molecule has 2 heterocycles. The number of likely N-dealkylation sites (N-methyl/N-ethyl adjacent to an activating group) is 1. The molecule has 0 saturated carbocycles. The minimum Gasteiger partial charge on any atom is -0.467 e. The van der Waals surface area contributed by atoms with Crippen molar-refractivity contribution in [2.75, 3.05) is 14.2 Å². The molecule has 2 fully saturated rings. The van der Waals surface area contributed by atoms with Gasteiger partial charge in [0, 0.05) is 6.04 Å². The van der Waals surface area contributed by atoms with Gasteiger partial charge in [0.05, 0.1) is 13.2 Å². The predicted molar refractivity (Wildman–Crippen MR) is 62.4 cm³/mol. The number of hydrogen-bond acceptors (Lipinski definition) is 4. The molecule has 5 heteroatoms. The van der Waals surface area contributed by atoms with E-state index in [0.717, 1.165) is 32.1 Å². The molecule has 3 atom stereocenters. The number of carbonyl (C=O) groups is 2. The van der Waals surface area contributed by atoms with Gasteiger partial charge < -0.3 is 15.0 Å². The fraction of sp³-hybridized carbons (Fsp3) is 0.833. The summed E-state index contributed by atoms with van der Waals surface area (Å²) in [4.78, 5) is 25.8. The highest BCUT2D eigenvalue weighted by Gasteiger charge is 2.44. The highest BCUT2D eigenvalue weighted by Crippen LogP contribution is 2.32. The Labute approximate surface area is 101 Å². The lowest BCUT2D eigenvalue weighted by atomic mass is 10.1. The third kappa shape index (κ3) is 2.16. The Balaban J connectivity index is 2.20. The zero-order valence-corrected chi connectivity index (χ0v) is 10.4. The zero-order chi connectivity index (χ0) is 12.4. The highest BCUT2D eigenvalue weighted by atomic mass is 16.5. The van der Waals surface area contributed by atoms with Gasteiger partial charge in [-0.1, -0.05) is 0 Å². The molecule has 2 aliphatic rings. The van der Waals surface area contributed by atoms with Crippen LogP contribution in [0.3, 0.4) is 0 Å². The Morgan fingerprint density at radius 1 is 1.35 bits per heavy atom. The molecular weight excluding hydrogens is 220 g/mol. The fourth-order valence-corrected chi connectivity index (χ4v) is 3.00. The van der Waals surface area contributed by atoms with Gasteiger partial charge in [0.1, 0.15) is 6.04 Å². The van der Waals surface area contributed by atoms with E-state index < -0.39 is 0 Å². The Morgan fingerprint density at radius 3 is 2.76 bits per heavy atom. The molecule has 5 nitrogen and oxygen atoms in total. The van der Waals surface area contributed by atoms with E-state index >= 15 is 0 Å². The SMILES string of the molecule is CNC1CCCC2CCC(C(=O)OC)N2C1=O. The summed E-state index contributed by atoms with van der Waals surface area (Å²) in [5, 5.41) is 3.04. The third-order valence-electron chi connectivity index (χ3n) is 3.91. The van der Waals surface area contributed by atoms with Gasteiger partial charge in [0.15, 0.2) is 0 Å². The summed E-state index contributed by atoms with van der Waals surface area (Å²) in [6, 6.07) is -0.290. The van der Waals surface area contributed by atoms with Crippen LogP contribution in [0.5, 0.6) is 0 Å². The minimum absolute atomic E-state index is 0.0582. The van der Waals surface area contributed by atoms with Gasteiger partial charge in [-0.3, -0.25) is 4.79 Å². The number of rotatable bonds is 2. The molecule has 17 heavy (non-hydrogen) atoms. The average Bonchev–Trinajstić information content (AvgIpc) is 2.70. The van der Waals surface area contributed by atoms with Crippen LogP contribution in [-0.4, -0.2) is 49.1 Å². The Bertz CT molecular complexity index is 319. The normalized spacial score (nSPS) is 33.2. The maximum absolute atomic E-state index is 12.3. The van der Waals surface area contributed by atoms with E-state index in [4.69, 9.17) is 4.74 Å². The standard InChI is InChI=1S/C12H20N2O3/c1-13-9-5-3-4-8-6-7-10(12(16)17-2)14(8)11(9)15/h8-10,13H,3-7H2,1-2H3. The molecular formula is C12H20N2O3. The van der Waals surface area contributed by atoms with Gasteiger partial charge in [-0.2, -0.15) is 0 Å². The van der Waals surface area contributed by atoms with E-state index in [1.165, 1.54) is 7.11 Å². The van der Waals surface area contributed by atoms with Crippen molar-refractivity contribution in [3.8, 4) is 0 Å². The van der Waals surface area contributed by atoms with Gasteiger partial charge in [-0.05, 0) is 39.2 Å². The highest BCUT2D eigenvalue weighted by molar-refractivity contribution is 5.88. The molecule has 0 radical (unpaired) electrons. The largest absolute Gasteiger partial charge is 0.467 e. The average molecular weight is 240 g/mol. The Kier molecular flexibility index (Phi) is 3.66. The minimum atomic E-state index is -0.369. The molecule has 0 aromatic heterocycles. The number of amides is 1. The molecule has 0 bridgehead atoms. The number of methoxy groups -OCH3 is 1. The van der Waals surface area contributed by atoms with Crippen molar-refractivity contribution < 1.29 is 14.3 Å². The number of ether oxygens (including phenoxy) is 1. The summed E-state index contributed by atoms with van der Waals surface area (Å²) in [6.45, 7) is 0. The maximum atomic E-state index is 12.3. The van der Waals surface area contributed by atoms with Crippen LogP contribution in [0.2, 0.25) is 0 Å². The molecule has 3 unspecified atom stereocenters. The second-order valence-corrected chi connectivity index (χ2v) is 4.79. The molecule has 0 aromatic rings. The van der Waals surface area contributed by atoms with E-state index in [-0.39, 0.29) is 30.0 Å². The summed E-state index contributed by atoms with van der Waals surface area (Å²) in [5.41, 5.74) is 0. The molecule has 0 aliphatic carbocycles. The van der Waals surface area contributed by atoms with E-state index in [1.807, 2.05) is 0 Å². The monoisotopic (exact) mass is 240 g/mol. The van der Waals surface area contributed by atoms with Gasteiger partial charge in [0.2, 0.25) is 5.91 Å². The Hall–Kier alpha value is -1.10. The summed E-state index contributed by atoms with van der Waals surface area (Å²) in [6.07, 6.45) is 4.54. The van der Waals surface area contributed by atoms with Crippen LogP contribution in [0.4, 0.5) is 0 Å². The van der Waals surface area contributed by atoms with Crippen LogP contribution in [0, 0.1) is 0 Å². The molecule has 0 aromatic carbocycles. The second-order valence-electron chi connectivity index (χ2n) is 4.79. The van der Waals surface area contributed by atoms with Crippen molar-refractivity contribution in [2.24, 2.45) is 0 Å². The van der Waals surface area contributed by atoms with E-state index in [2.05, 4.69) is 5.32 Å². The van der Waals surface area contributed by atoms with E-state index in [9.17, 15) is 9.59 Å². The van der Waals surface area contributed by atoms with Crippen LogP contribution in [-0.2, 0) is 14.3 Å². The molecule has 2 aliphatic heterocycles. The lowest BCUT2D eigenvalue weighted by Crippen LogP contribution is -2.51. The molecule has 96 valence electrons. The summed E-state index contributed by atoms with van der Waals surface area (Å²) in [7, 11) is 3.18. The van der Waals surface area contributed by atoms with E-state index in [1.54, 1.807) is 11.9 Å². The van der Waals surface area contributed by atoms with Crippen LogP contribution in [0.25, 0.3) is 0 Å². The topological polar surface area (TPSA) is 58.6 Å². The first-order valence-electron chi connectivity index (χ1n) is 6.26. The van der Waals surface area contributed by atoms with Crippen LogP contribution in [0.15, 0.2) is 0 Å². The van der Waals surface area contributed by atoms with Crippen molar-refractivity contribution in [3.05, 3.63) is 0 Å². The molecule has 2 saturated heterocycles. The second kappa shape index (κ2) is 5.04. The maximum Gasteiger partial charge on any atom is 0.328 e. The molecule has 2 rings (SSSR count). The smallest absolute Gasteiger partial charge is 0.328 e. The number of nitrogens with one attached hydrogen (secondary N) is 1. The quantitative estimate of drug-likeness (QED) is 0.705. The first-order chi connectivity index (χ1) is 8.19. The number of nitrogens with zero attached hydrogens (tertiary/aromatic N) is 1. The molecule has 1 amide bonds. The van der Waals surface area contributed by atoms with Crippen molar-refractivity contribution in [1.29, 1.82) is 0 Å². The Morgan fingerprint density at radius 2 is 2.12 bits per heavy atom. The summed E-state index contributed by atoms with van der Waals surface area (Å²) < 4.78 is 4.79. The van der Waals surface area contributed by atoms with Gasteiger partial charge >= 0.3 is 5.97 Å².